The van der Waals surface area contributed by atoms with Crippen LogP contribution in [-0.2, 0) is 4.79 Å². The Balaban J connectivity index is 1.61. The Morgan fingerprint density at radius 2 is 2.21 bits per heavy atom. The van der Waals surface area contributed by atoms with Gasteiger partial charge in [-0.3, -0.25) is 9.59 Å². The molecule has 124 valence electrons. The van der Waals surface area contributed by atoms with Crippen LogP contribution in [0.4, 0.5) is 5.69 Å². The highest BCUT2D eigenvalue weighted by molar-refractivity contribution is 7.99. The summed E-state index contributed by atoms with van der Waals surface area (Å²) in [5.41, 5.74) is 1.42. The number of hydrogen-bond acceptors (Lipinski definition) is 4. The van der Waals surface area contributed by atoms with Crippen LogP contribution in [0.5, 0.6) is 0 Å². The molecule has 0 radical (unpaired) electrons. The van der Waals surface area contributed by atoms with Crippen LogP contribution in [0.2, 0.25) is 0 Å². The van der Waals surface area contributed by atoms with Gasteiger partial charge in [0.1, 0.15) is 0 Å². The van der Waals surface area contributed by atoms with E-state index in [-0.39, 0.29) is 17.9 Å². The fraction of sp³-hybridized carbons (Fsp3) is 0.333. The Bertz CT molecular complexity index is 773. The number of thioether (sulfide) groups is 1. The zero-order valence-electron chi connectivity index (χ0n) is 13.2. The van der Waals surface area contributed by atoms with Crippen molar-refractivity contribution in [3.63, 3.8) is 0 Å². The topological polar surface area (TPSA) is 49.4 Å². The Hall–Kier alpha value is -1.79. The molecule has 1 aromatic heterocycles. The first-order valence-electron chi connectivity index (χ1n) is 8.13. The third-order valence-electron chi connectivity index (χ3n) is 4.47. The molecule has 2 aliphatic heterocycles. The van der Waals surface area contributed by atoms with Crippen molar-refractivity contribution >= 4 is 40.6 Å². The summed E-state index contributed by atoms with van der Waals surface area (Å²) in [6.45, 7) is 0.791. The lowest BCUT2D eigenvalue weighted by Gasteiger charge is -2.24. The molecule has 0 saturated carbocycles. The molecule has 6 heteroatoms. The van der Waals surface area contributed by atoms with Gasteiger partial charge < -0.3 is 10.2 Å². The second kappa shape index (κ2) is 6.61. The van der Waals surface area contributed by atoms with Crippen molar-refractivity contribution in [3.05, 3.63) is 46.2 Å². The first kappa shape index (κ1) is 15.7. The Morgan fingerprint density at radius 1 is 1.29 bits per heavy atom. The van der Waals surface area contributed by atoms with Crippen molar-refractivity contribution in [3.8, 4) is 0 Å². The second-order valence-electron chi connectivity index (χ2n) is 6.03. The lowest BCUT2D eigenvalue weighted by atomic mass is 10.1. The molecule has 4 rings (SSSR count). The van der Waals surface area contributed by atoms with Crippen molar-refractivity contribution in [2.45, 2.75) is 30.2 Å². The van der Waals surface area contributed by atoms with E-state index < -0.39 is 0 Å². The van der Waals surface area contributed by atoms with Crippen molar-refractivity contribution in [1.82, 2.24) is 4.90 Å². The minimum atomic E-state index is 0.0171. The Morgan fingerprint density at radius 3 is 3.04 bits per heavy atom. The summed E-state index contributed by atoms with van der Waals surface area (Å²) in [6, 6.07) is 9.99. The average molecular weight is 358 g/mol. The Labute approximate surface area is 149 Å². The normalized spacial score (nSPS) is 20.4. The first-order chi connectivity index (χ1) is 11.7. The molecule has 24 heavy (non-hydrogen) atoms. The van der Waals surface area contributed by atoms with Crippen LogP contribution in [0, 0.1) is 0 Å². The highest BCUT2D eigenvalue weighted by Crippen LogP contribution is 2.37. The predicted octanol–water partition coefficient (Wildman–Crippen LogP) is 4.16. The van der Waals surface area contributed by atoms with Crippen LogP contribution in [0.15, 0.2) is 40.6 Å². The van der Waals surface area contributed by atoms with Gasteiger partial charge in [0, 0.05) is 34.1 Å². The predicted molar refractivity (Wildman–Crippen MR) is 97.7 cm³/mol. The van der Waals surface area contributed by atoms with Crippen LogP contribution in [-0.4, -0.2) is 29.0 Å². The third-order valence-corrected chi connectivity index (χ3v) is 6.52. The van der Waals surface area contributed by atoms with E-state index in [0.29, 0.717) is 12.0 Å². The fourth-order valence-electron chi connectivity index (χ4n) is 3.31. The molecule has 1 saturated heterocycles. The van der Waals surface area contributed by atoms with Gasteiger partial charge in [-0.05, 0) is 42.5 Å². The maximum Gasteiger partial charge on any atom is 0.254 e. The average Bonchev–Trinajstić information content (AvgIpc) is 3.22. The summed E-state index contributed by atoms with van der Waals surface area (Å²) in [5.74, 6) is 0.847. The minimum Gasteiger partial charge on any atom is -0.331 e. The summed E-state index contributed by atoms with van der Waals surface area (Å²) in [4.78, 5) is 29.0. The van der Waals surface area contributed by atoms with Crippen molar-refractivity contribution in [2.75, 3.05) is 17.6 Å². The SMILES string of the molecule is O=C1CCSc2ccc(C(=O)N3CCC[C@H]3c3cccs3)cc2N1. The molecule has 1 atom stereocenters. The molecule has 3 heterocycles. The van der Waals surface area contributed by atoms with Crippen LogP contribution in [0.25, 0.3) is 0 Å². The van der Waals surface area contributed by atoms with Gasteiger partial charge in [-0.1, -0.05) is 6.07 Å². The van der Waals surface area contributed by atoms with E-state index in [9.17, 15) is 9.59 Å². The van der Waals surface area contributed by atoms with Crippen LogP contribution in [0.1, 0.15) is 40.5 Å². The number of nitrogens with zero attached hydrogens (tertiary/aromatic N) is 1. The number of benzene rings is 1. The molecule has 0 spiro atoms. The highest BCUT2D eigenvalue weighted by atomic mass is 32.2. The number of anilines is 1. The van der Waals surface area contributed by atoms with Gasteiger partial charge in [0.05, 0.1) is 11.7 Å². The summed E-state index contributed by atoms with van der Waals surface area (Å²) in [5, 5.41) is 4.98. The molecule has 0 bridgehead atoms. The van der Waals surface area contributed by atoms with Crippen molar-refractivity contribution in [1.29, 1.82) is 0 Å². The molecule has 0 unspecified atom stereocenters. The summed E-state index contributed by atoms with van der Waals surface area (Å²) in [7, 11) is 0. The molecule has 1 aromatic carbocycles. The largest absolute Gasteiger partial charge is 0.331 e. The van der Waals surface area contributed by atoms with Crippen LogP contribution < -0.4 is 5.32 Å². The number of amides is 2. The van der Waals surface area contributed by atoms with Gasteiger partial charge in [-0.25, -0.2) is 0 Å². The molecule has 1 N–H and O–H groups in total. The lowest BCUT2D eigenvalue weighted by Crippen LogP contribution is -2.30. The molecular formula is C18H18N2O2S2. The molecular weight excluding hydrogens is 340 g/mol. The number of thiophene rings is 1. The van der Waals surface area contributed by atoms with Gasteiger partial charge in [0.2, 0.25) is 5.91 Å². The fourth-order valence-corrected chi connectivity index (χ4v) is 5.12. The highest BCUT2D eigenvalue weighted by Gasteiger charge is 2.31. The van der Waals surface area contributed by atoms with E-state index in [0.717, 1.165) is 35.7 Å². The maximum atomic E-state index is 13.0. The van der Waals surface area contributed by atoms with E-state index >= 15 is 0 Å². The number of fused-ring (bicyclic) bond motifs is 1. The van der Waals surface area contributed by atoms with Crippen molar-refractivity contribution in [2.24, 2.45) is 0 Å². The van der Waals surface area contributed by atoms with E-state index in [1.54, 1.807) is 23.1 Å². The van der Waals surface area contributed by atoms with Gasteiger partial charge in [-0.2, -0.15) is 0 Å². The molecule has 2 amide bonds. The van der Waals surface area contributed by atoms with E-state index in [1.807, 2.05) is 29.2 Å². The number of rotatable bonds is 2. The van der Waals surface area contributed by atoms with Gasteiger partial charge >= 0.3 is 0 Å². The van der Waals surface area contributed by atoms with Gasteiger partial charge in [-0.15, -0.1) is 23.1 Å². The Kier molecular flexibility index (Phi) is 4.33. The molecule has 4 nitrogen and oxygen atoms in total. The van der Waals surface area contributed by atoms with E-state index in [2.05, 4.69) is 16.8 Å². The zero-order valence-corrected chi connectivity index (χ0v) is 14.8. The molecule has 2 aromatic rings. The lowest BCUT2D eigenvalue weighted by molar-refractivity contribution is -0.115. The summed E-state index contributed by atoms with van der Waals surface area (Å²) < 4.78 is 0. The summed E-state index contributed by atoms with van der Waals surface area (Å²) >= 11 is 3.37. The first-order valence-corrected chi connectivity index (χ1v) is 10.00. The number of hydrogen-bond donors (Lipinski definition) is 1. The van der Waals surface area contributed by atoms with E-state index in [4.69, 9.17) is 0 Å². The monoisotopic (exact) mass is 358 g/mol. The number of likely N-dealkylation sites (tertiary alicyclic amines) is 1. The zero-order chi connectivity index (χ0) is 16.5. The summed E-state index contributed by atoms with van der Waals surface area (Å²) in [6.07, 6.45) is 2.56. The third kappa shape index (κ3) is 2.96. The minimum absolute atomic E-state index is 0.0171. The molecule has 2 aliphatic rings. The van der Waals surface area contributed by atoms with Gasteiger partial charge in [0.25, 0.3) is 5.91 Å². The molecule has 0 aliphatic carbocycles. The number of carbonyl (C=O) groups is 2. The van der Waals surface area contributed by atoms with Crippen LogP contribution in [0.3, 0.4) is 0 Å². The maximum absolute atomic E-state index is 13.0. The number of nitrogens with one attached hydrogen (secondary N) is 1. The quantitative estimate of drug-likeness (QED) is 0.877. The standard InChI is InChI=1S/C18H18N2O2S2/c21-17-7-10-24-15-6-5-12(11-13(15)19-17)18(22)20-8-1-3-14(20)16-4-2-9-23-16/h2,4-6,9,11,14H,1,3,7-8,10H2,(H,19,21)/t14-/m0/s1. The second-order valence-corrected chi connectivity index (χ2v) is 8.15. The van der Waals surface area contributed by atoms with Crippen molar-refractivity contribution < 1.29 is 9.59 Å². The smallest absolute Gasteiger partial charge is 0.254 e. The van der Waals surface area contributed by atoms with Gasteiger partial charge in [0.15, 0.2) is 0 Å². The van der Waals surface area contributed by atoms with E-state index in [1.165, 1.54) is 4.88 Å². The number of carbonyl (C=O) groups excluding carboxylic acids is 2. The molecule has 1 fully saturated rings. The van der Waals surface area contributed by atoms with Crippen LogP contribution >= 0.6 is 23.1 Å².